The van der Waals surface area contributed by atoms with E-state index in [1.54, 1.807) is 23.0 Å². The lowest BCUT2D eigenvalue weighted by Gasteiger charge is -2.08. The Morgan fingerprint density at radius 1 is 1.05 bits per heavy atom. The molecule has 1 N–H and O–H groups in total. The molecule has 0 radical (unpaired) electrons. The number of rotatable bonds is 3. The fourth-order valence-electron chi connectivity index (χ4n) is 1.89. The quantitative estimate of drug-likeness (QED) is 0.730. The van der Waals surface area contributed by atoms with Crippen molar-refractivity contribution >= 4 is 27.3 Å². The standard InChI is InChI=1S/C13H8BrF3N4/c14-12-6-21-7(4-20-13(21)5-19-12)3-18-11-2-9(16)8(15)1-10(11)17/h1-2,4-6,18H,3H2. The fourth-order valence-corrected chi connectivity index (χ4v) is 2.20. The molecular weight excluding hydrogens is 349 g/mol. The highest BCUT2D eigenvalue weighted by atomic mass is 79.9. The number of imidazole rings is 1. The Balaban J connectivity index is 1.87. The number of benzene rings is 1. The summed E-state index contributed by atoms with van der Waals surface area (Å²) in [5.74, 6) is -3.18. The van der Waals surface area contributed by atoms with Gasteiger partial charge in [0.2, 0.25) is 0 Å². The zero-order chi connectivity index (χ0) is 15.0. The monoisotopic (exact) mass is 356 g/mol. The van der Waals surface area contributed by atoms with E-state index in [2.05, 4.69) is 31.2 Å². The van der Waals surface area contributed by atoms with E-state index < -0.39 is 17.5 Å². The summed E-state index contributed by atoms with van der Waals surface area (Å²) in [5, 5.41) is 2.72. The maximum absolute atomic E-state index is 13.5. The smallest absolute Gasteiger partial charge is 0.161 e. The predicted octanol–water partition coefficient (Wildman–Crippen LogP) is 3.52. The highest BCUT2D eigenvalue weighted by Gasteiger charge is 2.10. The second kappa shape index (κ2) is 5.36. The fraction of sp³-hybridized carbons (Fsp3) is 0.0769. The number of nitrogens with one attached hydrogen (secondary N) is 1. The average Bonchev–Trinajstić information content (AvgIpc) is 2.84. The summed E-state index contributed by atoms with van der Waals surface area (Å²) in [4.78, 5) is 8.17. The number of fused-ring (bicyclic) bond motifs is 1. The third-order valence-corrected chi connectivity index (χ3v) is 3.32. The first-order chi connectivity index (χ1) is 10.0. The van der Waals surface area contributed by atoms with Gasteiger partial charge in [0.05, 0.1) is 30.3 Å². The second-order valence-corrected chi connectivity index (χ2v) is 5.10. The van der Waals surface area contributed by atoms with Crippen LogP contribution in [0.1, 0.15) is 5.69 Å². The molecule has 0 spiro atoms. The SMILES string of the molecule is Fc1cc(F)c(NCc2cnc3cnc(Br)cn23)cc1F. The number of hydrogen-bond acceptors (Lipinski definition) is 3. The molecule has 0 aliphatic carbocycles. The first kappa shape index (κ1) is 13.9. The minimum Gasteiger partial charge on any atom is -0.377 e. The topological polar surface area (TPSA) is 42.2 Å². The summed E-state index contributed by atoms with van der Waals surface area (Å²) in [6.07, 6.45) is 4.88. The maximum Gasteiger partial charge on any atom is 0.161 e. The molecule has 2 heterocycles. The van der Waals surface area contributed by atoms with Crippen LogP contribution in [0.3, 0.4) is 0 Å². The maximum atomic E-state index is 13.5. The number of halogens is 4. The average molecular weight is 357 g/mol. The van der Waals surface area contributed by atoms with Crippen LogP contribution in [-0.2, 0) is 6.54 Å². The molecule has 8 heteroatoms. The van der Waals surface area contributed by atoms with Gasteiger partial charge in [0.15, 0.2) is 17.3 Å². The van der Waals surface area contributed by atoms with Crippen molar-refractivity contribution in [1.29, 1.82) is 0 Å². The molecule has 0 bridgehead atoms. The first-order valence-corrected chi connectivity index (χ1v) is 6.70. The van der Waals surface area contributed by atoms with Crippen LogP contribution >= 0.6 is 15.9 Å². The van der Waals surface area contributed by atoms with Crippen molar-refractivity contribution in [3.8, 4) is 0 Å². The van der Waals surface area contributed by atoms with Crippen LogP contribution in [-0.4, -0.2) is 14.4 Å². The van der Waals surface area contributed by atoms with E-state index in [9.17, 15) is 13.2 Å². The molecule has 108 valence electrons. The third kappa shape index (κ3) is 2.71. The van der Waals surface area contributed by atoms with Gasteiger partial charge in [-0.25, -0.2) is 23.1 Å². The number of anilines is 1. The Morgan fingerprint density at radius 2 is 1.81 bits per heavy atom. The van der Waals surface area contributed by atoms with E-state index in [0.29, 0.717) is 16.3 Å². The second-order valence-electron chi connectivity index (χ2n) is 4.29. The van der Waals surface area contributed by atoms with Crippen molar-refractivity contribution < 1.29 is 13.2 Å². The summed E-state index contributed by atoms with van der Waals surface area (Å²) in [6.45, 7) is 0.194. The van der Waals surface area contributed by atoms with Crippen LogP contribution < -0.4 is 5.32 Å². The molecule has 21 heavy (non-hydrogen) atoms. The molecule has 3 rings (SSSR count). The minimum atomic E-state index is -1.22. The van der Waals surface area contributed by atoms with Crippen LogP contribution in [0, 0.1) is 17.5 Å². The molecule has 0 saturated heterocycles. The lowest BCUT2D eigenvalue weighted by Crippen LogP contribution is -2.05. The number of nitrogens with zero attached hydrogens (tertiary/aromatic N) is 3. The van der Waals surface area contributed by atoms with Gasteiger partial charge >= 0.3 is 0 Å². The van der Waals surface area contributed by atoms with Crippen molar-refractivity contribution in [3.63, 3.8) is 0 Å². The summed E-state index contributed by atoms with van der Waals surface area (Å²) in [6, 6.07) is 1.29. The van der Waals surface area contributed by atoms with E-state index in [0.717, 1.165) is 11.8 Å². The van der Waals surface area contributed by atoms with Gasteiger partial charge in [-0.15, -0.1) is 0 Å². The van der Waals surface area contributed by atoms with Crippen molar-refractivity contribution in [2.45, 2.75) is 6.54 Å². The molecule has 0 unspecified atom stereocenters. The minimum absolute atomic E-state index is 0.114. The van der Waals surface area contributed by atoms with Gasteiger partial charge in [-0.2, -0.15) is 0 Å². The summed E-state index contributed by atoms with van der Waals surface area (Å²) >= 11 is 3.25. The van der Waals surface area contributed by atoms with E-state index in [4.69, 9.17) is 0 Å². The summed E-state index contributed by atoms with van der Waals surface area (Å²) < 4.78 is 41.9. The zero-order valence-corrected chi connectivity index (χ0v) is 12.0. The molecule has 2 aromatic heterocycles. The van der Waals surface area contributed by atoms with Crippen LogP contribution in [0.2, 0.25) is 0 Å². The summed E-state index contributed by atoms with van der Waals surface area (Å²) in [7, 11) is 0. The first-order valence-electron chi connectivity index (χ1n) is 5.90. The highest BCUT2D eigenvalue weighted by Crippen LogP contribution is 2.19. The van der Waals surface area contributed by atoms with E-state index in [1.165, 1.54) is 0 Å². The molecular formula is C13H8BrF3N4. The molecule has 4 nitrogen and oxygen atoms in total. The Hall–Kier alpha value is -2.09. The molecule has 0 aliphatic heterocycles. The Morgan fingerprint density at radius 3 is 2.62 bits per heavy atom. The lowest BCUT2D eigenvalue weighted by atomic mass is 10.2. The largest absolute Gasteiger partial charge is 0.377 e. The van der Waals surface area contributed by atoms with Gasteiger partial charge in [0.25, 0.3) is 0 Å². The van der Waals surface area contributed by atoms with Gasteiger partial charge in [-0.05, 0) is 15.9 Å². The van der Waals surface area contributed by atoms with Crippen molar-refractivity contribution in [2.75, 3.05) is 5.32 Å². The Kier molecular flexibility index (Phi) is 3.54. The molecule has 0 amide bonds. The number of aromatic nitrogens is 3. The Bertz CT molecular complexity index is 819. The summed E-state index contributed by atoms with van der Waals surface area (Å²) in [5.41, 5.74) is 1.23. The van der Waals surface area contributed by atoms with Crippen molar-refractivity contribution in [1.82, 2.24) is 14.4 Å². The van der Waals surface area contributed by atoms with Crippen LogP contribution in [0.4, 0.5) is 18.9 Å². The Labute approximate surface area is 125 Å². The normalized spacial score (nSPS) is 11.0. The van der Waals surface area contributed by atoms with Crippen LogP contribution in [0.15, 0.2) is 35.3 Å². The third-order valence-electron chi connectivity index (χ3n) is 2.91. The van der Waals surface area contributed by atoms with Crippen molar-refractivity contribution in [3.05, 3.63) is 58.5 Å². The van der Waals surface area contributed by atoms with Crippen molar-refractivity contribution in [2.24, 2.45) is 0 Å². The molecule has 1 aromatic carbocycles. The molecule has 0 saturated carbocycles. The van der Waals surface area contributed by atoms with Gasteiger partial charge in [-0.1, -0.05) is 0 Å². The highest BCUT2D eigenvalue weighted by molar-refractivity contribution is 9.10. The zero-order valence-electron chi connectivity index (χ0n) is 10.4. The molecule has 0 atom stereocenters. The predicted molar refractivity (Wildman–Crippen MR) is 74.3 cm³/mol. The van der Waals surface area contributed by atoms with Gasteiger partial charge in [0.1, 0.15) is 10.4 Å². The van der Waals surface area contributed by atoms with E-state index in [1.807, 2.05) is 0 Å². The van der Waals surface area contributed by atoms with E-state index >= 15 is 0 Å². The van der Waals surface area contributed by atoms with Crippen LogP contribution in [0.25, 0.3) is 5.65 Å². The number of hydrogen-bond donors (Lipinski definition) is 1. The van der Waals surface area contributed by atoms with Gasteiger partial charge in [-0.3, -0.25) is 4.40 Å². The molecule has 3 aromatic rings. The lowest BCUT2D eigenvalue weighted by molar-refractivity contribution is 0.496. The van der Waals surface area contributed by atoms with E-state index in [-0.39, 0.29) is 12.2 Å². The van der Waals surface area contributed by atoms with Gasteiger partial charge < -0.3 is 5.32 Å². The molecule has 0 aliphatic rings. The molecule has 0 fully saturated rings. The van der Waals surface area contributed by atoms with Gasteiger partial charge in [0, 0.05) is 18.3 Å². The van der Waals surface area contributed by atoms with Crippen LogP contribution in [0.5, 0.6) is 0 Å².